The van der Waals surface area contributed by atoms with Gasteiger partial charge in [0.25, 0.3) is 5.91 Å². The molecule has 5 nitrogen and oxygen atoms in total. The smallest absolute Gasteiger partial charge is 0.253 e. The van der Waals surface area contributed by atoms with Crippen molar-refractivity contribution in [3.63, 3.8) is 0 Å². The van der Waals surface area contributed by atoms with Gasteiger partial charge in [-0.25, -0.2) is 4.39 Å². The Kier molecular flexibility index (Phi) is 6.50. The quantitative estimate of drug-likeness (QED) is 0.735. The van der Waals surface area contributed by atoms with Crippen LogP contribution in [0.1, 0.15) is 22.3 Å². The van der Waals surface area contributed by atoms with Gasteiger partial charge >= 0.3 is 0 Å². The molecule has 0 spiro atoms. The lowest BCUT2D eigenvalue weighted by Gasteiger charge is -2.08. The van der Waals surface area contributed by atoms with E-state index in [9.17, 15) is 9.18 Å². The van der Waals surface area contributed by atoms with Gasteiger partial charge in [-0.05, 0) is 30.2 Å². The number of hydrogen-bond acceptors (Lipinski definition) is 4. The van der Waals surface area contributed by atoms with Crippen LogP contribution in [0.2, 0.25) is 0 Å². The zero-order chi connectivity index (χ0) is 16.5. The molecule has 0 aliphatic carbocycles. The minimum Gasteiger partial charge on any atom is -0.385 e. The van der Waals surface area contributed by atoms with Gasteiger partial charge in [-0.2, -0.15) is 0 Å². The van der Waals surface area contributed by atoms with Gasteiger partial charge in [-0.1, -0.05) is 12.1 Å². The first-order valence-electron chi connectivity index (χ1n) is 7.39. The van der Waals surface area contributed by atoms with Crippen LogP contribution in [-0.2, 0) is 11.3 Å². The molecule has 0 aliphatic rings. The molecule has 0 fully saturated rings. The molecule has 122 valence electrons. The summed E-state index contributed by atoms with van der Waals surface area (Å²) in [5, 5.41) is 5.98. The van der Waals surface area contributed by atoms with E-state index < -0.39 is 0 Å². The highest BCUT2D eigenvalue weighted by molar-refractivity contribution is 5.94. The van der Waals surface area contributed by atoms with Crippen LogP contribution in [0, 0.1) is 5.82 Å². The normalized spacial score (nSPS) is 10.3. The third kappa shape index (κ3) is 5.67. The first-order valence-corrected chi connectivity index (χ1v) is 7.39. The zero-order valence-electron chi connectivity index (χ0n) is 13.0. The number of nitrogens with zero attached hydrogens (tertiary/aromatic N) is 1. The molecule has 2 N–H and O–H groups in total. The Labute approximate surface area is 134 Å². The lowest BCUT2D eigenvalue weighted by atomic mass is 10.2. The number of aromatic nitrogens is 1. The minimum atomic E-state index is -0.295. The first-order chi connectivity index (χ1) is 11.2. The van der Waals surface area contributed by atoms with Crippen molar-refractivity contribution in [3.05, 3.63) is 59.7 Å². The second kappa shape index (κ2) is 8.85. The van der Waals surface area contributed by atoms with Crippen molar-refractivity contribution in [2.24, 2.45) is 0 Å². The number of hydrogen-bond donors (Lipinski definition) is 2. The van der Waals surface area contributed by atoms with Gasteiger partial charge in [-0.15, -0.1) is 0 Å². The van der Waals surface area contributed by atoms with Crippen LogP contribution in [0.3, 0.4) is 0 Å². The van der Waals surface area contributed by atoms with Gasteiger partial charge in [0.2, 0.25) is 0 Å². The van der Waals surface area contributed by atoms with Gasteiger partial charge in [0.1, 0.15) is 5.82 Å². The lowest BCUT2D eigenvalue weighted by molar-refractivity contribution is 0.0950. The largest absolute Gasteiger partial charge is 0.385 e. The molecule has 0 saturated carbocycles. The number of carbonyl (C=O) groups excluding carboxylic acids is 1. The third-order valence-corrected chi connectivity index (χ3v) is 3.22. The molecule has 2 aromatic rings. The number of methoxy groups -OCH3 is 1. The maximum absolute atomic E-state index is 12.8. The average Bonchev–Trinajstić information content (AvgIpc) is 2.58. The number of nitrogens with one attached hydrogen (secondary N) is 2. The molecule has 1 heterocycles. The highest BCUT2D eigenvalue weighted by atomic mass is 19.1. The van der Waals surface area contributed by atoms with Crippen LogP contribution in [0.4, 0.5) is 10.1 Å². The Hall–Kier alpha value is -2.47. The van der Waals surface area contributed by atoms with Crippen molar-refractivity contribution in [1.29, 1.82) is 0 Å². The van der Waals surface area contributed by atoms with Gasteiger partial charge in [-0.3, -0.25) is 9.78 Å². The van der Waals surface area contributed by atoms with Crippen LogP contribution in [0.15, 0.2) is 42.7 Å². The van der Waals surface area contributed by atoms with E-state index in [-0.39, 0.29) is 11.7 Å². The summed E-state index contributed by atoms with van der Waals surface area (Å²) in [7, 11) is 1.66. The summed E-state index contributed by atoms with van der Waals surface area (Å²) >= 11 is 0. The Morgan fingerprint density at radius 1 is 1.26 bits per heavy atom. The second-order valence-electron chi connectivity index (χ2n) is 5.04. The van der Waals surface area contributed by atoms with Gasteiger partial charge in [0.05, 0.1) is 11.3 Å². The number of carbonyl (C=O) groups is 1. The topological polar surface area (TPSA) is 63.2 Å². The van der Waals surface area contributed by atoms with Crippen molar-refractivity contribution in [1.82, 2.24) is 10.3 Å². The van der Waals surface area contributed by atoms with Crippen molar-refractivity contribution in [2.45, 2.75) is 13.0 Å². The van der Waals surface area contributed by atoms with E-state index in [1.165, 1.54) is 18.3 Å². The Morgan fingerprint density at radius 3 is 2.78 bits per heavy atom. The SMILES string of the molecule is COCCCNc1cncc(C(=O)NCc2ccc(F)cc2)c1. The van der Waals surface area contributed by atoms with E-state index >= 15 is 0 Å². The van der Waals surface area contributed by atoms with E-state index in [2.05, 4.69) is 15.6 Å². The van der Waals surface area contributed by atoms with E-state index in [0.29, 0.717) is 18.7 Å². The summed E-state index contributed by atoms with van der Waals surface area (Å²) in [4.78, 5) is 16.2. The standard InChI is InChI=1S/C17H20FN3O2/c1-23-8-2-7-20-16-9-14(11-19-12-16)17(22)21-10-13-3-5-15(18)6-4-13/h3-6,9,11-12,20H,2,7-8,10H2,1H3,(H,21,22). The molecular formula is C17H20FN3O2. The van der Waals surface area contributed by atoms with Crippen molar-refractivity contribution >= 4 is 11.6 Å². The highest BCUT2D eigenvalue weighted by Crippen LogP contribution is 2.09. The number of ether oxygens (including phenoxy) is 1. The number of pyridine rings is 1. The van der Waals surface area contributed by atoms with Gasteiger partial charge in [0.15, 0.2) is 0 Å². The van der Waals surface area contributed by atoms with Crippen LogP contribution in [-0.4, -0.2) is 31.2 Å². The summed E-state index contributed by atoms with van der Waals surface area (Å²) in [6, 6.07) is 7.77. The molecule has 0 bridgehead atoms. The zero-order valence-corrected chi connectivity index (χ0v) is 13.0. The van der Waals surface area contributed by atoms with Crippen molar-refractivity contribution < 1.29 is 13.9 Å². The van der Waals surface area contributed by atoms with Crippen LogP contribution >= 0.6 is 0 Å². The monoisotopic (exact) mass is 317 g/mol. The molecule has 0 unspecified atom stereocenters. The van der Waals surface area contributed by atoms with Crippen LogP contribution < -0.4 is 10.6 Å². The lowest BCUT2D eigenvalue weighted by Crippen LogP contribution is -2.23. The average molecular weight is 317 g/mol. The molecule has 6 heteroatoms. The minimum absolute atomic E-state index is 0.220. The molecule has 2 rings (SSSR count). The van der Waals surface area contributed by atoms with E-state index in [1.54, 1.807) is 31.5 Å². The van der Waals surface area contributed by atoms with Crippen molar-refractivity contribution in [3.8, 4) is 0 Å². The highest BCUT2D eigenvalue weighted by Gasteiger charge is 2.07. The summed E-state index contributed by atoms with van der Waals surface area (Å²) < 4.78 is 17.8. The molecule has 0 aliphatic heterocycles. The Morgan fingerprint density at radius 2 is 2.04 bits per heavy atom. The fourth-order valence-corrected chi connectivity index (χ4v) is 2.00. The molecule has 1 amide bonds. The molecule has 1 aromatic heterocycles. The molecule has 0 atom stereocenters. The number of amides is 1. The van der Waals surface area contributed by atoms with E-state index in [4.69, 9.17) is 4.74 Å². The summed E-state index contributed by atoms with van der Waals surface area (Å²) in [5.74, 6) is -0.515. The molecule has 0 saturated heterocycles. The summed E-state index contributed by atoms with van der Waals surface area (Å²) in [6.07, 6.45) is 4.06. The Bertz CT molecular complexity index is 632. The van der Waals surface area contributed by atoms with Crippen molar-refractivity contribution in [2.75, 3.05) is 25.6 Å². The molecule has 0 radical (unpaired) electrons. The van der Waals surface area contributed by atoms with Gasteiger partial charge in [0, 0.05) is 39.2 Å². The van der Waals surface area contributed by atoms with Crippen LogP contribution in [0.25, 0.3) is 0 Å². The molecular weight excluding hydrogens is 297 g/mol. The third-order valence-electron chi connectivity index (χ3n) is 3.22. The number of anilines is 1. The fraction of sp³-hybridized carbons (Fsp3) is 0.294. The molecule has 1 aromatic carbocycles. The Balaban J connectivity index is 1.87. The van der Waals surface area contributed by atoms with Gasteiger partial charge < -0.3 is 15.4 Å². The van der Waals surface area contributed by atoms with Crippen LogP contribution in [0.5, 0.6) is 0 Å². The number of rotatable bonds is 8. The molecule has 23 heavy (non-hydrogen) atoms. The fourth-order valence-electron chi connectivity index (χ4n) is 2.00. The van der Waals surface area contributed by atoms with E-state index in [1.807, 2.05) is 0 Å². The van der Waals surface area contributed by atoms with E-state index in [0.717, 1.165) is 24.2 Å². The number of benzene rings is 1. The summed E-state index contributed by atoms with van der Waals surface area (Å²) in [5.41, 5.74) is 2.10. The predicted octanol–water partition coefficient (Wildman–Crippen LogP) is 2.60. The number of halogens is 1. The maximum Gasteiger partial charge on any atom is 0.253 e. The predicted molar refractivity (Wildman–Crippen MR) is 86.8 cm³/mol. The second-order valence-corrected chi connectivity index (χ2v) is 5.04. The first kappa shape index (κ1) is 16.9. The summed E-state index contributed by atoms with van der Waals surface area (Å²) in [6.45, 7) is 1.76. The maximum atomic E-state index is 12.8.